The van der Waals surface area contributed by atoms with Gasteiger partial charge in [-0.05, 0) is 36.1 Å². The lowest BCUT2D eigenvalue weighted by Gasteiger charge is -2.18. The minimum atomic E-state index is -1.10. The molecule has 4 rings (SSSR count). The molecular formula is C15H13NO4S. The highest BCUT2D eigenvalue weighted by molar-refractivity contribution is 7.12. The molecule has 4 atom stereocenters. The molecule has 2 amide bonds. The molecule has 1 saturated carbocycles. The number of carboxylic acid groups (broad SMARTS) is 1. The van der Waals surface area contributed by atoms with Crippen LogP contribution in [0.4, 0.5) is 5.69 Å². The number of imide groups is 1. The van der Waals surface area contributed by atoms with Crippen LogP contribution in [0, 0.1) is 30.6 Å². The van der Waals surface area contributed by atoms with Crippen molar-refractivity contribution >= 4 is 34.8 Å². The summed E-state index contributed by atoms with van der Waals surface area (Å²) in [5, 5.41) is 11.0. The average molecular weight is 303 g/mol. The van der Waals surface area contributed by atoms with Crippen molar-refractivity contribution in [2.75, 3.05) is 4.90 Å². The maximum absolute atomic E-state index is 12.7. The van der Waals surface area contributed by atoms with E-state index in [1.54, 1.807) is 12.3 Å². The molecule has 2 aliphatic carbocycles. The second-order valence-corrected chi connectivity index (χ2v) is 6.79. The van der Waals surface area contributed by atoms with Crippen molar-refractivity contribution in [3.8, 4) is 0 Å². The normalized spacial score (nSPS) is 33.1. The standard InChI is InChI=1S/C15H13NO4S/c1-6-5-21-12(15(19)20)11(6)16-13(17)9-7-2-3-8(4-7)10(9)14(16)18/h2-3,5,7-10H,4H2,1H3,(H,19,20). The first-order chi connectivity index (χ1) is 10.0. The Morgan fingerprint density at radius 3 is 2.33 bits per heavy atom. The molecule has 4 unspecified atom stereocenters. The molecule has 0 spiro atoms. The number of aryl methyl sites for hydroxylation is 1. The van der Waals surface area contributed by atoms with Crippen LogP contribution in [0.25, 0.3) is 0 Å². The van der Waals surface area contributed by atoms with Crippen LogP contribution in [0.3, 0.4) is 0 Å². The van der Waals surface area contributed by atoms with E-state index < -0.39 is 5.97 Å². The molecule has 1 aromatic rings. The lowest BCUT2D eigenvalue weighted by molar-refractivity contribution is -0.123. The number of amides is 2. The van der Waals surface area contributed by atoms with Gasteiger partial charge in [0.05, 0.1) is 17.5 Å². The summed E-state index contributed by atoms with van der Waals surface area (Å²) >= 11 is 1.06. The van der Waals surface area contributed by atoms with Gasteiger partial charge in [0.25, 0.3) is 0 Å². The zero-order chi connectivity index (χ0) is 14.9. The molecule has 1 saturated heterocycles. The van der Waals surface area contributed by atoms with Gasteiger partial charge in [0.15, 0.2) is 0 Å². The Morgan fingerprint density at radius 1 is 1.24 bits per heavy atom. The molecule has 1 aliphatic heterocycles. The first kappa shape index (κ1) is 12.8. The Hall–Kier alpha value is -1.95. The first-order valence-corrected chi connectivity index (χ1v) is 7.76. The van der Waals surface area contributed by atoms with Crippen molar-refractivity contribution in [3.63, 3.8) is 0 Å². The SMILES string of the molecule is Cc1csc(C(=O)O)c1N1C(=O)C2C3C=CC(C3)C2C1=O. The van der Waals surface area contributed by atoms with Gasteiger partial charge in [-0.25, -0.2) is 9.69 Å². The molecule has 1 N–H and O–H groups in total. The van der Waals surface area contributed by atoms with Crippen LogP contribution in [0.5, 0.6) is 0 Å². The fourth-order valence-corrected chi connectivity index (χ4v) is 4.86. The Balaban J connectivity index is 1.82. The van der Waals surface area contributed by atoms with Crippen molar-refractivity contribution in [2.24, 2.45) is 23.7 Å². The summed E-state index contributed by atoms with van der Waals surface area (Å²) in [6.45, 7) is 1.74. The predicted octanol–water partition coefficient (Wildman–Crippen LogP) is 2.07. The highest BCUT2D eigenvalue weighted by atomic mass is 32.1. The van der Waals surface area contributed by atoms with E-state index in [9.17, 15) is 19.5 Å². The number of fused-ring (bicyclic) bond motifs is 5. The molecule has 2 bridgehead atoms. The lowest BCUT2D eigenvalue weighted by Crippen LogP contribution is -2.34. The van der Waals surface area contributed by atoms with E-state index in [1.807, 2.05) is 12.2 Å². The van der Waals surface area contributed by atoms with Crippen molar-refractivity contribution < 1.29 is 19.5 Å². The summed E-state index contributed by atoms with van der Waals surface area (Å²) in [6.07, 6.45) is 4.92. The third kappa shape index (κ3) is 1.48. The molecule has 5 nitrogen and oxygen atoms in total. The van der Waals surface area contributed by atoms with Gasteiger partial charge < -0.3 is 5.11 Å². The van der Waals surface area contributed by atoms with Crippen LogP contribution < -0.4 is 4.90 Å². The maximum atomic E-state index is 12.7. The number of anilines is 1. The third-order valence-corrected chi connectivity index (χ3v) is 5.91. The Morgan fingerprint density at radius 2 is 1.81 bits per heavy atom. The van der Waals surface area contributed by atoms with Crippen LogP contribution in [-0.4, -0.2) is 22.9 Å². The van der Waals surface area contributed by atoms with E-state index in [0.717, 1.165) is 22.7 Å². The Kier molecular flexibility index (Phi) is 2.45. The van der Waals surface area contributed by atoms with E-state index >= 15 is 0 Å². The topological polar surface area (TPSA) is 74.7 Å². The summed E-state index contributed by atoms with van der Waals surface area (Å²) < 4.78 is 0. The number of hydrogen-bond acceptors (Lipinski definition) is 4. The number of allylic oxidation sites excluding steroid dienone is 2. The fourth-order valence-electron chi connectivity index (χ4n) is 3.99. The smallest absolute Gasteiger partial charge is 0.348 e. The molecule has 2 fully saturated rings. The first-order valence-electron chi connectivity index (χ1n) is 6.88. The van der Waals surface area contributed by atoms with Gasteiger partial charge in [-0.15, -0.1) is 11.3 Å². The van der Waals surface area contributed by atoms with Crippen LogP contribution in [0.1, 0.15) is 21.7 Å². The van der Waals surface area contributed by atoms with E-state index in [2.05, 4.69) is 0 Å². The Labute approximate surface area is 124 Å². The summed E-state index contributed by atoms with van der Waals surface area (Å²) in [4.78, 5) is 37.9. The average Bonchev–Trinajstić information content (AvgIpc) is 3.15. The van der Waals surface area contributed by atoms with Gasteiger partial charge >= 0.3 is 5.97 Å². The quantitative estimate of drug-likeness (QED) is 0.670. The van der Waals surface area contributed by atoms with Crippen LogP contribution in [0.15, 0.2) is 17.5 Å². The van der Waals surface area contributed by atoms with Gasteiger partial charge in [-0.1, -0.05) is 12.2 Å². The number of rotatable bonds is 2. The second-order valence-electron chi connectivity index (χ2n) is 5.91. The van der Waals surface area contributed by atoms with Gasteiger partial charge in [0.2, 0.25) is 11.8 Å². The number of nitrogens with zero attached hydrogens (tertiary/aromatic N) is 1. The summed E-state index contributed by atoms with van der Waals surface area (Å²) in [7, 11) is 0. The highest BCUT2D eigenvalue weighted by Crippen LogP contribution is 2.54. The van der Waals surface area contributed by atoms with Gasteiger partial charge in [0, 0.05) is 0 Å². The minimum Gasteiger partial charge on any atom is -0.477 e. The zero-order valence-corrected chi connectivity index (χ0v) is 12.1. The Bertz CT molecular complexity index is 689. The summed E-state index contributed by atoms with van der Waals surface area (Å²) in [5.74, 6) is -1.89. The van der Waals surface area contributed by atoms with Crippen LogP contribution in [-0.2, 0) is 9.59 Å². The third-order valence-electron chi connectivity index (χ3n) is 4.83. The molecular weight excluding hydrogens is 290 g/mol. The van der Waals surface area contributed by atoms with Gasteiger partial charge in [0.1, 0.15) is 4.88 Å². The largest absolute Gasteiger partial charge is 0.477 e. The number of carboxylic acids is 1. The maximum Gasteiger partial charge on any atom is 0.348 e. The van der Waals surface area contributed by atoms with E-state index in [1.165, 1.54) is 0 Å². The van der Waals surface area contributed by atoms with Crippen molar-refractivity contribution in [3.05, 3.63) is 28.0 Å². The molecule has 2 heterocycles. The lowest BCUT2D eigenvalue weighted by atomic mass is 9.85. The summed E-state index contributed by atoms with van der Waals surface area (Å²) in [6, 6.07) is 0. The van der Waals surface area contributed by atoms with Crippen molar-refractivity contribution in [1.82, 2.24) is 0 Å². The molecule has 21 heavy (non-hydrogen) atoms. The molecule has 1 aromatic heterocycles. The predicted molar refractivity (Wildman–Crippen MR) is 76.2 cm³/mol. The molecule has 0 radical (unpaired) electrons. The van der Waals surface area contributed by atoms with Gasteiger partial charge in [-0.2, -0.15) is 0 Å². The van der Waals surface area contributed by atoms with E-state index in [-0.39, 0.29) is 46.1 Å². The second kappa shape index (κ2) is 4.04. The van der Waals surface area contributed by atoms with Crippen LogP contribution in [0.2, 0.25) is 0 Å². The van der Waals surface area contributed by atoms with Crippen molar-refractivity contribution in [1.29, 1.82) is 0 Å². The number of aromatic carboxylic acids is 1. The number of hydrogen-bond donors (Lipinski definition) is 1. The molecule has 3 aliphatic rings. The van der Waals surface area contributed by atoms with Gasteiger partial charge in [-0.3, -0.25) is 9.59 Å². The zero-order valence-electron chi connectivity index (χ0n) is 11.3. The fraction of sp³-hybridized carbons (Fsp3) is 0.400. The minimum absolute atomic E-state index is 0.0643. The van der Waals surface area contributed by atoms with E-state index in [0.29, 0.717) is 5.56 Å². The molecule has 108 valence electrons. The van der Waals surface area contributed by atoms with E-state index in [4.69, 9.17) is 0 Å². The highest BCUT2D eigenvalue weighted by Gasteiger charge is 2.60. The molecule has 0 aromatic carbocycles. The summed E-state index contributed by atoms with van der Waals surface area (Å²) in [5.41, 5.74) is 0.940. The van der Waals surface area contributed by atoms with Crippen molar-refractivity contribution in [2.45, 2.75) is 13.3 Å². The monoisotopic (exact) mass is 303 g/mol. The number of carbonyl (C=O) groups is 3. The number of carbonyl (C=O) groups excluding carboxylic acids is 2. The number of thiophene rings is 1. The van der Waals surface area contributed by atoms with Crippen LogP contribution >= 0.6 is 11.3 Å². The molecule has 6 heteroatoms.